The fraction of sp³-hybridized carbons (Fsp3) is 0.0408. The van der Waals surface area contributed by atoms with Crippen molar-refractivity contribution in [2.24, 2.45) is 0 Å². The van der Waals surface area contributed by atoms with Crippen molar-refractivity contribution in [3.8, 4) is 67.5 Å². The van der Waals surface area contributed by atoms with E-state index in [4.69, 9.17) is 15.0 Å². The number of fused-ring (bicyclic) bond motifs is 6. The minimum Gasteiger partial charge on any atom is -0.208 e. The number of hydrogen-bond donors (Lipinski definition) is 0. The first-order chi connectivity index (χ1) is 26.0. The molecule has 0 saturated carbocycles. The molecule has 0 spiro atoms. The van der Waals surface area contributed by atoms with Crippen LogP contribution in [0.3, 0.4) is 0 Å². The van der Waals surface area contributed by atoms with Crippen LogP contribution in [0.4, 0.5) is 0 Å². The molecule has 1 aliphatic heterocycles. The van der Waals surface area contributed by atoms with Gasteiger partial charge in [0, 0.05) is 16.7 Å². The summed E-state index contributed by atoms with van der Waals surface area (Å²) in [4.78, 5) is 15.7. The van der Waals surface area contributed by atoms with E-state index in [0.717, 1.165) is 33.2 Å². The largest absolute Gasteiger partial charge is 0.208 e. The van der Waals surface area contributed by atoms with Crippen molar-refractivity contribution in [2.75, 3.05) is 0 Å². The fourth-order valence-electron chi connectivity index (χ4n) is 8.24. The maximum atomic E-state index is 5.26. The topological polar surface area (TPSA) is 38.7 Å². The lowest BCUT2D eigenvalue weighted by molar-refractivity contribution is 1.08. The zero-order valence-electron chi connectivity index (χ0n) is 29.6. The maximum absolute atomic E-state index is 5.26. The average Bonchev–Trinajstić information content (AvgIpc) is 3.46. The van der Waals surface area contributed by atoms with Gasteiger partial charge in [0.1, 0.15) is 8.07 Å². The highest BCUT2D eigenvalue weighted by atomic mass is 28.3. The van der Waals surface area contributed by atoms with Crippen molar-refractivity contribution in [1.29, 1.82) is 0 Å². The molecule has 250 valence electrons. The second-order valence-electron chi connectivity index (χ2n) is 14.5. The lowest BCUT2D eigenvalue weighted by Gasteiger charge is -2.21. The summed E-state index contributed by atoms with van der Waals surface area (Å²) in [6.45, 7) is 4.96. The first-order valence-corrected chi connectivity index (χ1v) is 21.2. The zero-order chi connectivity index (χ0) is 35.5. The molecule has 9 aromatic rings. The van der Waals surface area contributed by atoms with Gasteiger partial charge in [-0.1, -0.05) is 177 Å². The highest BCUT2D eigenvalue weighted by Gasteiger charge is 2.39. The van der Waals surface area contributed by atoms with E-state index in [9.17, 15) is 0 Å². The summed E-state index contributed by atoms with van der Waals surface area (Å²) in [5.41, 5.74) is 10.3. The summed E-state index contributed by atoms with van der Waals surface area (Å²) < 4.78 is 0. The average molecular weight is 694 g/mol. The van der Waals surface area contributed by atoms with Crippen LogP contribution >= 0.6 is 0 Å². The summed E-state index contributed by atoms with van der Waals surface area (Å²) in [5.74, 6) is 2.00. The van der Waals surface area contributed by atoms with Crippen LogP contribution in [0, 0.1) is 0 Å². The smallest absolute Gasteiger partial charge is 0.164 e. The number of aromatic nitrogens is 3. The third kappa shape index (κ3) is 5.30. The summed E-state index contributed by atoms with van der Waals surface area (Å²) in [7, 11) is -2.05. The van der Waals surface area contributed by atoms with Crippen LogP contribution in [-0.2, 0) is 0 Å². The van der Waals surface area contributed by atoms with Crippen molar-refractivity contribution >= 4 is 40.0 Å². The Morgan fingerprint density at radius 3 is 1.62 bits per heavy atom. The third-order valence-corrected chi connectivity index (χ3v) is 14.4. The molecule has 1 aromatic heterocycles. The molecule has 8 aromatic carbocycles. The Morgan fingerprint density at radius 2 is 0.868 bits per heavy atom. The van der Waals surface area contributed by atoms with Crippen LogP contribution in [0.2, 0.25) is 13.1 Å². The molecule has 0 amide bonds. The van der Waals surface area contributed by atoms with Crippen LogP contribution in [0.1, 0.15) is 0 Å². The number of rotatable bonds is 5. The van der Waals surface area contributed by atoms with Crippen LogP contribution in [0.15, 0.2) is 176 Å². The SMILES string of the molecule is C[Si]1(C)c2cc(-c3nc(-c4ccc5cc(-c6ccccc6)ccc5c4)nc(-c4ccccc4-c4ccccc4)n3)ccc2-c2ccc3ccccc3c21. The van der Waals surface area contributed by atoms with Gasteiger partial charge in [-0.15, -0.1) is 0 Å². The Labute approximate surface area is 310 Å². The summed E-state index contributed by atoms with van der Waals surface area (Å²) in [6.07, 6.45) is 0. The molecule has 0 radical (unpaired) electrons. The van der Waals surface area contributed by atoms with E-state index in [-0.39, 0.29) is 0 Å². The van der Waals surface area contributed by atoms with Crippen LogP contribution < -0.4 is 10.4 Å². The Balaban J connectivity index is 1.14. The highest BCUT2D eigenvalue weighted by molar-refractivity contribution is 7.05. The molecule has 0 atom stereocenters. The summed E-state index contributed by atoms with van der Waals surface area (Å²) >= 11 is 0. The predicted molar refractivity (Wildman–Crippen MR) is 224 cm³/mol. The van der Waals surface area contributed by atoms with Gasteiger partial charge < -0.3 is 0 Å². The van der Waals surface area contributed by atoms with E-state index in [1.54, 1.807) is 0 Å². The zero-order valence-corrected chi connectivity index (χ0v) is 30.6. The monoisotopic (exact) mass is 693 g/mol. The van der Waals surface area contributed by atoms with Gasteiger partial charge in [-0.25, -0.2) is 15.0 Å². The molecule has 0 N–H and O–H groups in total. The van der Waals surface area contributed by atoms with Gasteiger partial charge in [0.15, 0.2) is 17.5 Å². The summed E-state index contributed by atoms with van der Waals surface area (Å²) in [6, 6.07) is 62.9. The molecular weight excluding hydrogens is 659 g/mol. The van der Waals surface area contributed by atoms with Gasteiger partial charge in [-0.3, -0.25) is 0 Å². The molecule has 3 nitrogen and oxygen atoms in total. The summed E-state index contributed by atoms with van der Waals surface area (Å²) in [5, 5.41) is 7.93. The molecule has 53 heavy (non-hydrogen) atoms. The first kappa shape index (κ1) is 31.3. The molecule has 0 unspecified atom stereocenters. The van der Waals surface area contributed by atoms with E-state index in [2.05, 4.69) is 183 Å². The molecule has 4 heteroatoms. The Kier molecular flexibility index (Phi) is 7.27. The van der Waals surface area contributed by atoms with Gasteiger partial charge in [0.05, 0.1) is 0 Å². The van der Waals surface area contributed by atoms with E-state index in [0.29, 0.717) is 17.5 Å². The number of benzene rings is 8. The second-order valence-corrected chi connectivity index (χ2v) is 18.7. The van der Waals surface area contributed by atoms with Gasteiger partial charge in [-0.2, -0.15) is 0 Å². The van der Waals surface area contributed by atoms with Crippen LogP contribution in [0.25, 0.3) is 89.1 Å². The lowest BCUT2D eigenvalue weighted by Crippen LogP contribution is -2.49. The second kappa shape index (κ2) is 12.3. The van der Waals surface area contributed by atoms with E-state index in [1.807, 2.05) is 6.07 Å². The molecule has 2 heterocycles. The standard InChI is InChI=1S/C49H35N3Si/c1-53(2)45-31-39(26-27-42(45)43-28-25-34-17-9-10-19-41(34)46(43)53)48-50-47(51-49(52-48)44-20-12-11-18-40(44)33-15-7-4-8-16-33)38-24-23-36-29-35(21-22-37(36)30-38)32-13-5-3-6-14-32/h3-31H,1-2H3. The normalized spacial score (nSPS) is 12.9. The van der Waals surface area contributed by atoms with Gasteiger partial charge in [-0.05, 0) is 77.4 Å². The Bertz CT molecular complexity index is 2860. The minimum absolute atomic E-state index is 0.660. The fourth-order valence-corrected chi connectivity index (χ4v) is 11.7. The quantitative estimate of drug-likeness (QED) is 0.168. The number of nitrogens with zero attached hydrogens (tertiary/aromatic N) is 3. The molecule has 0 fully saturated rings. The molecule has 1 aliphatic rings. The predicted octanol–water partition coefficient (Wildman–Crippen LogP) is 11.3. The highest BCUT2D eigenvalue weighted by Crippen LogP contribution is 2.36. The molecule has 0 bridgehead atoms. The van der Waals surface area contributed by atoms with Crippen molar-refractivity contribution in [3.63, 3.8) is 0 Å². The Hall–Kier alpha value is -6.49. The van der Waals surface area contributed by atoms with Crippen molar-refractivity contribution < 1.29 is 0 Å². The molecule has 10 rings (SSSR count). The maximum Gasteiger partial charge on any atom is 0.164 e. The van der Waals surface area contributed by atoms with Gasteiger partial charge in [0.25, 0.3) is 0 Å². The van der Waals surface area contributed by atoms with Crippen molar-refractivity contribution in [1.82, 2.24) is 15.0 Å². The Morgan fingerprint density at radius 1 is 0.340 bits per heavy atom. The first-order valence-electron chi connectivity index (χ1n) is 18.2. The van der Waals surface area contributed by atoms with Gasteiger partial charge >= 0.3 is 0 Å². The molecule has 0 aliphatic carbocycles. The van der Waals surface area contributed by atoms with Crippen LogP contribution in [0.5, 0.6) is 0 Å². The third-order valence-electron chi connectivity index (χ3n) is 10.9. The molecular formula is C49H35N3Si. The lowest BCUT2D eigenvalue weighted by atomic mass is 9.98. The van der Waals surface area contributed by atoms with E-state index >= 15 is 0 Å². The van der Waals surface area contributed by atoms with Crippen molar-refractivity contribution in [3.05, 3.63) is 176 Å². The van der Waals surface area contributed by atoms with E-state index in [1.165, 1.54) is 48.8 Å². The van der Waals surface area contributed by atoms with E-state index < -0.39 is 8.07 Å². The van der Waals surface area contributed by atoms with Crippen LogP contribution in [-0.4, -0.2) is 23.0 Å². The number of hydrogen-bond acceptors (Lipinski definition) is 3. The van der Waals surface area contributed by atoms with Crippen molar-refractivity contribution in [2.45, 2.75) is 13.1 Å². The minimum atomic E-state index is -2.05. The van der Waals surface area contributed by atoms with Gasteiger partial charge in [0.2, 0.25) is 0 Å². The molecule has 0 saturated heterocycles.